The van der Waals surface area contributed by atoms with E-state index in [0.29, 0.717) is 0 Å². The standard InChI is InChI=1S/C11H22.C2H6/c1-8(2)10-5-6-11(7-10)9(3)4;1-2/h8-11H,5-7H2,1-4H3;1-2H3/t10-,11-;/m1./s1. The summed E-state index contributed by atoms with van der Waals surface area (Å²) in [6.45, 7) is 13.5. The van der Waals surface area contributed by atoms with E-state index in [1.807, 2.05) is 13.8 Å². The van der Waals surface area contributed by atoms with Crippen LogP contribution in [0.5, 0.6) is 0 Å². The molecule has 1 fully saturated rings. The van der Waals surface area contributed by atoms with Gasteiger partial charge in [0.15, 0.2) is 0 Å². The summed E-state index contributed by atoms with van der Waals surface area (Å²) < 4.78 is 0. The van der Waals surface area contributed by atoms with Crippen LogP contribution in [-0.4, -0.2) is 0 Å². The Balaban J connectivity index is 0.000000671. The fourth-order valence-electron chi connectivity index (χ4n) is 2.26. The third-order valence-electron chi connectivity index (χ3n) is 3.40. The van der Waals surface area contributed by atoms with Crippen LogP contribution in [0, 0.1) is 23.7 Å². The van der Waals surface area contributed by atoms with Crippen molar-refractivity contribution in [2.45, 2.75) is 60.8 Å². The van der Waals surface area contributed by atoms with Crippen molar-refractivity contribution in [3.8, 4) is 0 Å². The van der Waals surface area contributed by atoms with Crippen LogP contribution in [0.1, 0.15) is 60.8 Å². The lowest BCUT2D eigenvalue weighted by Crippen LogP contribution is -2.07. The van der Waals surface area contributed by atoms with Gasteiger partial charge in [-0.25, -0.2) is 0 Å². The van der Waals surface area contributed by atoms with Crippen molar-refractivity contribution < 1.29 is 0 Å². The van der Waals surface area contributed by atoms with Crippen LogP contribution >= 0.6 is 0 Å². The van der Waals surface area contributed by atoms with E-state index in [2.05, 4.69) is 27.7 Å². The van der Waals surface area contributed by atoms with Gasteiger partial charge in [0.25, 0.3) is 0 Å². The highest BCUT2D eigenvalue weighted by Gasteiger charge is 2.28. The monoisotopic (exact) mass is 184 g/mol. The highest BCUT2D eigenvalue weighted by Crippen LogP contribution is 2.38. The average Bonchev–Trinajstić information content (AvgIpc) is 2.56. The first kappa shape index (κ1) is 13.0. The third-order valence-corrected chi connectivity index (χ3v) is 3.40. The van der Waals surface area contributed by atoms with Gasteiger partial charge in [-0.05, 0) is 42.9 Å². The maximum Gasteiger partial charge on any atom is -0.0388 e. The van der Waals surface area contributed by atoms with E-state index in [1.165, 1.54) is 19.3 Å². The number of hydrogen-bond acceptors (Lipinski definition) is 0. The molecule has 0 aromatic carbocycles. The summed E-state index contributed by atoms with van der Waals surface area (Å²) in [5.41, 5.74) is 0. The first-order valence-electron chi connectivity index (χ1n) is 6.11. The Bertz CT molecular complexity index is 99.2. The van der Waals surface area contributed by atoms with E-state index in [-0.39, 0.29) is 0 Å². The van der Waals surface area contributed by atoms with E-state index in [9.17, 15) is 0 Å². The summed E-state index contributed by atoms with van der Waals surface area (Å²) in [6, 6.07) is 0. The molecular formula is C13H28. The molecule has 0 heterocycles. The van der Waals surface area contributed by atoms with Crippen molar-refractivity contribution >= 4 is 0 Å². The molecule has 0 bridgehead atoms. The average molecular weight is 184 g/mol. The van der Waals surface area contributed by atoms with Gasteiger partial charge in [0.1, 0.15) is 0 Å². The van der Waals surface area contributed by atoms with Crippen LogP contribution < -0.4 is 0 Å². The lowest BCUT2D eigenvalue weighted by atomic mass is 9.89. The molecule has 0 nitrogen and oxygen atoms in total. The maximum absolute atomic E-state index is 2.37. The molecule has 0 aliphatic heterocycles. The van der Waals surface area contributed by atoms with Gasteiger partial charge >= 0.3 is 0 Å². The third kappa shape index (κ3) is 4.15. The lowest BCUT2D eigenvalue weighted by Gasteiger charge is -2.16. The summed E-state index contributed by atoms with van der Waals surface area (Å²) in [5.74, 6) is 3.89. The van der Waals surface area contributed by atoms with Crippen LogP contribution in [0.4, 0.5) is 0 Å². The Morgan fingerprint density at radius 1 is 0.769 bits per heavy atom. The minimum absolute atomic E-state index is 0.916. The molecule has 1 aliphatic rings. The topological polar surface area (TPSA) is 0 Å². The molecule has 1 aliphatic carbocycles. The zero-order valence-corrected chi connectivity index (χ0v) is 10.4. The normalized spacial score (nSPS) is 27.7. The fraction of sp³-hybridized carbons (Fsp3) is 1.00. The van der Waals surface area contributed by atoms with Gasteiger partial charge in [0.05, 0.1) is 0 Å². The molecule has 0 unspecified atom stereocenters. The Morgan fingerprint density at radius 3 is 1.23 bits per heavy atom. The van der Waals surface area contributed by atoms with E-state index in [1.54, 1.807) is 0 Å². The molecule has 0 spiro atoms. The van der Waals surface area contributed by atoms with Crippen LogP contribution in [0.3, 0.4) is 0 Å². The second-order valence-corrected chi connectivity index (χ2v) is 4.82. The fourth-order valence-corrected chi connectivity index (χ4v) is 2.26. The Kier molecular flexibility index (Phi) is 6.45. The largest absolute Gasteiger partial charge is 0.0683 e. The second kappa shape index (κ2) is 6.45. The predicted molar refractivity (Wildman–Crippen MR) is 61.9 cm³/mol. The molecule has 80 valence electrons. The van der Waals surface area contributed by atoms with Crippen molar-refractivity contribution in [1.82, 2.24) is 0 Å². The Hall–Kier alpha value is 0. The molecule has 1 rings (SSSR count). The second-order valence-electron chi connectivity index (χ2n) is 4.82. The quantitative estimate of drug-likeness (QED) is 0.581. The lowest BCUT2D eigenvalue weighted by molar-refractivity contribution is 0.340. The summed E-state index contributed by atoms with van der Waals surface area (Å²) in [5, 5.41) is 0. The first-order chi connectivity index (χ1) is 6.11. The van der Waals surface area contributed by atoms with Crippen LogP contribution in [0.2, 0.25) is 0 Å². The molecule has 0 saturated heterocycles. The Labute approximate surface area is 85.1 Å². The van der Waals surface area contributed by atoms with E-state index in [0.717, 1.165) is 23.7 Å². The smallest absolute Gasteiger partial charge is 0.0388 e. The van der Waals surface area contributed by atoms with Gasteiger partial charge in [-0.2, -0.15) is 0 Å². The molecule has 0 N–H and O–H groups in total. The minimum atomic E-state index is 0.916. The van der Waals surface area contributed by atoms with Gasteiger partial charge in [0.2, 0.25) is 0 Å². The summed E-state index contributed by atoms with van der Waals surface area (Å²) in [7, 11) is 0. The molecule has 0 radical (unpaired) electrons. The molecule has 1 saturated carbocycles. The molecule has 2 atom stereocenters. The molecule has 0 aromatic rings. The van der Waals surface area contributed by atoms with Crippen LogP contribution in [0.15, 0.2) is 0 Å². The van der Waals surface area contributed by atoms with Gasteiger partial charge in [-0.1, -0.05) is 41.5 Å². The zero-order valence-electron chi connectivity index (χ0n) is 10.4. The van der Waals surface area contributed by atoms with Crippen molar-refractivity contribution in [3.05, 3.63) is 0 Å². The SMILES string of the molecule is CC.CC(C)[C@@H]1CC[C@@H](C(C)C)C1. The summed E-state index contributed by atoms with van der Waals surface area (Å²) in [6.07, 6.45) is 4.47. The number of hydrogen-bond donors (Lipinski definition) is 0. The minimum Gasteiger partial charge on any atom is -0.0683 e. The molecule has 0 aromatic heterocycles. The van der Waals surface area contributed by atoms with Crippen LogP contribution in [0.25, 0.3) is 0 Å². The van der Waals surface area contributed by atoms with E-state index < -0.39 is 0 Å². The molecular weight excluding hydrogens is 156 g/mol. The highest BCUT2D eigenvalue weighted by molar-refractivity contribution is 4.78. The van der Waals surface area contributed by atoms with Gasteiger partial charge in [-0.15, -0.1) is 0 Å². The molecule has 0 amide bonds. The van der Waals surface area contributed by atoms with Crippen molar-refractivity contribution in [2.75, 3.05) is 0 Å². The zero-order chi connectivity index (χ0) is 10.4. The highest BCUT2D eigenvalue weighted by atomic mass is 14.3. The van der Waals surface area contributed by atoms with E-state index >= 15 is 0 Å². The van der Waals surface area contributed by atoms with Crippen molar-refractivity contribution in [1.29, 1.82) is 0 Å². The Morgan fingerprint density at radius 2 is 1.08 bits per heavy atom. The van der Waals surface area contributed by atoms with Gasteiger partial charge < -0.3 is 0 Å². The maximum atomic E-state index is 2.37. The summed E-state index contributed by atoms with van der Waals surface area (Å²) in [4.78, 5) is 0. The first-order valence-corrected chi connectivity index (χ1v) is 6.11. The summed E-state index contributed by atoms with van der Waals surface area (Å²) >= 11 is 0. The predicted octanol–water partition coefficient (Wildman–Crippen LogP) is 4.74. The van der Waals surface area contributed by atoms with E-state index in [4.69, 9.17) is 0 Å². The van der Waals surface area contributed by atoms with Gasteiger partial charge in [-0.3, -0.25) is 0 Å². The number of rotatable bonds is 2. The molecule has 13 heavy (non-hydrogen) atoms. The van der Waals surface area contributed by atoms with Crippen LogP contribution in [-0.2, 0) is 0 Å². The van der Waals surface area contributed by atoms with Crippen molar-refractivity contribution in [3.63, 3.8) is 0 Å². The van der Waals surface area contributed by atoms with Crippen molar-refractivity contribution in [2.24, 2.45) is 23.7 Å². The molecule has 0 heteroatoms. The van der Waals surface area contributed by atoms with Gasteiger partial charge in [0, 0.05) is 0 Å².